The summed E-state index contributed by atoms with van der Waals surface area (Å²) in [6.45, 7) is 7.34. The lowest BCUT2D eigenvalue weighted by Gasteiger charge is -2.17. The molecule has 158 valence electrons. The summed E-state index contributed by atoms with van der Waals surface area (Å²) < 4.78 is 2.31. The minimum atomic E-state index is 0.907. The second-order valence-electron chi connectivity index (χ2n) is 7.89. The van der Waals surface area contributed by atoms with Gasteiger partial charge in [0, 0.05) is 26.4 Å². The number of allylic oxidation sites excluding steroid dienone is 3. The number of anilines is 2. The highest BCUT2D eigenvalue weighted by atomic mass is 32.1. The van der Waals surface area contributed by atoms with Crippen LogP contribution in [0, 0.1) is 0 Å². The van der Waals surface area contributed by atoms with Crippen molar-refractivity contribution >= 4 is 34.9 Å². The van der Waals surface area contributed by atoms with Gasteiger partial charge in [0.1, 0.15) is 18.1 Å². The van der Waals surface area contributed by atoms with E-state index in [1.165, 1.54) is 27.5 Å². The van der Waals surface area contributed by atoms with Gasteiger partial charge in [0.25, 0.3) is 5.01 Å². The van der Waals surface area contributed by atoms with Crippen molar-refractivity contribution in [3.8, 4) is 11.4 Å². The van der Waals surface area contributed by atoms with Crippen LogP contribution < -0.4 is 14.4 Å². The molecule has 0 fully saturated rings. The zero-order chi connectivity index (χ0) is 22.0. The first kappa shape index (κ1) is 21.1. The molecule has 3 heterocycles. The number of hydrogen-bond acceptors (Lipinski definition) is 4. The third-order valence-corrected chi connectivity index (χ3v) is 6.38. The first-order chi connectivity index (χ1) is 15.0. The lowest BCUT2D eigenvalue weighted by atomic mass is 10.1. The molecule has 0 spiro atoms. The summed E-state index contributed by atoms with van der Waals surface area (Å²) in [5.74, 6) is 1.16. The molecule has 0 saturated heterocycles. The Hall–Kier alpha value is -3.18. The van der Waals surface area contributed by atoms with E-state index in [9.17, 15) is 0 Å². The van der Waals surface area contributed by atoms with Crippen LogP contribution in [0.25, 0.3) is 23.5 Å². The Labute approximate surface area is 189 Å². The van der Waals surface area contributed by atoms with Crippen molar-refractivity contribution < 1.29 is 4.57 Å². The number of hydrogen-bond donors (Lipinski definition) is 0. The van der Waals surface area contributed by atoms with Crippen LogP contribution >= 0.6 is 11.3 Å². The molecule has 0 N–H and O–H groups in total. The predicted octanol–water partition coefficient (Wildman–Crippen LogP) is 5.98. The van der Waals surface area contributed by atoms with Crippen LogP contribution in [0.5, 0.6) is 0 Å². The molecule has 31 heavy (non-hydrogen) atoms. The van der Waals surface area contributed by atoms with Gasteiger partial charge in [-0.05, 0) is 56.7 Å². The van der Waals surface area contributed by atoms with Gasteiger partial charge in [-0.25, -0.2) is 4.98 Å². The third-order valence-electron chi connectivity index (χ3n) is 5.44. The minimum absolute atomic E-state index is 0.907. The van der Waals surface area contributed by atoms with Crippen molar-refractivity contribution in [3.63, 3.8) is 0 Å². The van der Waals surface area contributed by atoms with E-state index in [0.717, 1.165) is 23.8 Å². The van der Waals surface area contributed by atoms with Gasteiger partial charge in [0.15, 0.2) is 0 Å². The Morgan fingerprint density at radius 1 is 1.10 bits per heavy atom. The van der Waals surface area contributed by atoms with Gasteiger partial charge in [-0.3, -0.25) is 0 Å². The quantitative estimate of drug-likeness (QED) is 0.466. The van der Waals surface area contributed by atoms with Gasteiger partial charge < -0.3 is 9.80 Å². The van der Waals surface area contributed by atoms with Gasteiger partial charge >= 0.3 is 0 Å². The highest BCUT2D eigenvalue weighted by molar-refractivity contribution is 7.10. The summed E-state index contributed by atoms with van der Waals surface area (Å²) in [5, 5.41) is 3.40. The Morgan fingerprint density at radius 3 is 2.61 bits per heavy atom. The molecule has 3 aromatic rings. The van der Waals surface area contributed by atoms with Gasteiger partial charge in [0.05, 0.1) is 16.8 Å². The molecular formula is C26H29N4S+. The fraction of sp³-hybridized carbons (Fsp3) is 0.231. The van der Waals surface area contributed by atoms with Crippen molar-refractivity contribution in [2.45, 2.75) is 27.3 Å². The molecule has 0 unspecified atom stereocenters. The maximum absolute atomic E-state index is 4.51. The molecular weight excluding hydrogens is 400 g/mol. The minimum Gasteiger partial charge on any atom is -0.329 e. The SMILES string of the molecule is CC[n+]1c(-c2ccccn2)csc1/C=C/C=C1\N(C)c2ccc(C=C(C)C)cc2N1C. The van der Waals surface area contributed by atoms with Crippen molar-refractivity contribution in [2.24, 2.45) is 0 Å². The zero-order valence-electron chi connectivity index (χ0n) is 18.8. The summed E-state index contributed by atoms with van der Waals surface area (Å²) in [4.78, 5) is 9.01. The summed E-state index contributed by atoms with van der Waals surface area (Å²) >= 11 is 1.75. The Balaban J connectivity index is 1.60. The molecule has 0 saturated carbocycles. The zero-order valence-corrected chi connectivity index (χ0v) is 19.6. The summed E-state index contributed by atoms with van der Waals surface area (Å²) in [6, 6.07) is 12.7. The van der Waals surface area contributed by atoms with E-state index in [-0.39, 0.29) is 0 Å². The van der Waals surface area contributed by atoms with Gasteiger partial charge in [0.2, 0.25) is 5.69 Å². The van der Waals surface area contributed by atoms with Crippen LogP contribution in [-0.4, -0.2) is 19.1 Å². The van der Waals surface area contributed by atoms with E-state index in [1.807, 2.05) is 18.3 Å². The number of nitrogens with zero attached hydrogens (tertiary/aromatic N) is 4. The molecule has 0 bridgehead atoms. The van der Waals surface area contributed by atoms with E-state index < -0.39 is 0 Å². The Bertz CT molecular complexity index is 1170. The fourth-order valence-corrected chi connectivity index (χ4v) is 4.95. The maximum atomic E-state index is 4.51. The molecule has 1 aliphatic heterocycles. The molecule has 0 atom stereocenters. The first-order valence-electron chi connectivity index (χ1n) is 10.6. The smallest absolute Gasteiger partial charge is 0.262 e. The van der Waals surface area contributed by atoms with Crippen LogP contribution in [-0.2, 0) is 6.54 Å². The van der Waals surface area contributed by atoms with Crippen molar-refractivity contribution in [1.29, 1.82) is 0 Å². The number of thiazole rings is 1. The number of rotatable bonds is 5. The molecule has 5 heteroatoms. The van der Waals surface area contributed by atoms with Crippen LogP contribution in [0.1, 0.15) is 31.3 Å². The second-order valence-corrected chi connectivity index (χ2v) is 8.78. The fourth-order valence-electron chi connectivity index (χ4n) is 3.96. The maximum Gasteiger partial charge on any atom is 0.262 e. The lowest BCUT2D eigenvalue weighted by Crippen LogP contribution is -2.35. The number of pyridine rings is 1. The summed E-state index contributed by atoms with van der Waals surface area (Å²) in [5.41, 5.74) is 7.17. The van der Waals surface area contributed by atoms with Crippen molar-refractivity contribution in [2.75, 3.05) is 23.9 Å². The lowest BCUT2D eigenvalue weighted by molar-refractivity contribution is -0.679. The van der Waals surface area contributed by atoms with Crippen LogP contribution in [0.4, 0.5) is 11.4 Å². The largest absolute Gasteiger partial charge is 0.329 e. The third kappa shape index (κ3) is 4.19. The molecule has 1 aliphatic rings. The average Bonchev–Trinajstić information content (AvgIpc) is 3.28. The molecule has 0 amide bonds. The number of aromatic nitrogens is 2. The molecule has 1 aromatic carbocycles. The van der Waals surface area contributed by atoms with Crippen molar-refractivity contribution in [1.82, 2.24) is 4.98 Å². The van der Waals surface area contributed by atoms with Crippen LogP contribution in [0.15, 0.2) is 71.5 Å². The number of benzene rings is 1. The Morgan fingerprint density at radius 2 is 1.90 bits per heavy atom. The molecule has 2 aromatic heterocycles. The molecule has 0 aliphatic carbocycles. The molecule has 0 radical (unpaired) electrons. The van der Waals surface area contributed by atoms with Crippen molar-refractivity contribution in [3.05, 3.63) is 82.1 Å². The normalized spacial score (nSPS) is 14.5. The summed E-state index contributed by atoms with van der Waals surface area (Å²) in [6.07, 6.45) is 10.6. The van der Waals surface area contributed by atoms with E-state index in [0.29, 0.717) is 0 Å². The van der Waals surface area contributed by atoms with Crippen LogP contribution in [0.3, 0.4) is 0 Å². The standard InChI is InChI=1S/C26H29N4S/c1-6-30-24(21-10-7-8-15-27-21)18-31-26(30)12-9-11-25-28(4)22-14-13-20(16-19(2)3)17-23(22)29(25)5/h7-18H,6H2,1-5H3/q+1. The highest BCUT2D eigenvalue weighted by Crippen LogP contribution is 2.40. The molecule has 4 rings (SSSR count). The first-order valence-corrected chi connectivity index (χ1v) is 11.4. The average molecular weight is 430 g/mol. The van der Waals surface area contributed by atoms with E-state index in [4.69, 9.17) is 0 Å². The van der Waals surface area contributed by atoms with E-state index in [1.54, 1.807) is 11.3 Å². The Kier molecular flexibility index (Phi) is 6.05. The van der Waals surface area contributed by atoms with Gasteiger partial charge in [-0.15, -0.1) is 0 Å². The number of fused-ring (bicyclic) bond motifs is 1. The predicted molar refractivity (Wildman–Crippen MR) is 133 cm³/mol. The van der Waals surface area contributed by atoms with Crippen LogP contribution in [0.2, 0.25) is 0 Å². The molecule has 4 nitrogen and oxygen atoms in total. The highest BCUT2D eigenvalue weighted by Gasteiger charge is 2.25. The van der Waals surface area contributed by atoms with E-state index in [2.05, 4.69) is 108 Å². The van der Waals surface area contributed by atoms with Gasteiger partial charge in [-0.2, -0.15) is 4.57 Å². The van der Waals surface area contributed by atoms with E-state index >= 15 is 0 Å². The van der Waals surface area contributed by atoms with Gasteiger partial charge in [-0.1, -0.05) is 41.2 Å². The second kappa shape index (κ2) is 8.90. The topological polar surface area (TPSA) is 23.2 Å². The summed E-state index contributed by atoms with van der Waals surface area (Å²) in [7, 11) is 4.25. The monoisotopic (exact) mass is 429 g/mol.